The quantitative estimate of drug-likeness (QED) is 0.562. The third-order valence-corrected chi connectivity index (χ3v) is 5.27. The number of hydrogen-bond donors (Lipinski definition) is 2. The van der Waals surface area contributed by atoms with Crippen LogP contribution in [-0.2, 0) is 11.3 Å². The highest BCUT2D eigenvalue weighted by Gasteiger charge is 2.24. The van der Waals surface area contributed by atoms with Crippen LogP contribution < -0.4 is 20.3 Å². The largest absolute Gasteiger partial charge is 0.494 e. The SMILES string of the molecule is COc1cc(NC(=O)NCc2ccc(-c3ccc(Cl)cc3)o2)ccc1N1CCCC1=O. The minimum absolute atomic E-state index is 0.0770. The first-order valence-corrected chi connectivity index (χ1v) is 10.3. The second-order valence-electron chi connectivity index (χ2n) is 7.12. The Kier molecular flexibility index (Phi) is 6.13. The summed E-state index contributed by atoms with van der Waals surface area (Å²) in [6.07, 6.45) is 1.37. The minimum Gasteiger partial charge on any atom is -0.494 e. The molecule has 1 aliphatic rings. The summed E-state index contributed by atoms with van der Waals surface area (Å²) in [4.78, 5) is 26.0. The molecule has 7 nitrogen and oxygen atoms in total. The highest BCUT2D eigenvalue weighted by Crippen LogP contribution is 2.33. The van der Waals surface area contributed by atoms with Gasteiger partial charge in [-0.3, -0.25) is 4.79 Å². The lowest BCUT2D eigenvalue weighted by molar-refractivity contribution is -0.117. The van der Waals surface area contributed by atoms with Crippen LogP contribution in [0.5, 0.6) is 5.75 Å². The fourth-order valence-electron chi connectivity index (χ4n) is 3.47. The van der Waals surface area contributed by atoms with Crippen LogP contribution in [0, 0.1) is 0 Å². The van der Waals surface area contributed by atoms with Gasteiger partial charge in [-0.15, -0.1) is 0 Å². The van der Waals surface area contributed by atoms with E-state index in [0.29, 0.717) is 46.6 Å². The van der Waals surface area contributed by atoms with Crippen LogP contribution in [0.4, 0.5) is 16.2 Å². The zero-order valence-corrected chi connectivity index (χ0v) is 17.7. The van der Waals surface area contributed by atoms with Crippen LogP contribution in [0.2, 0.25) is 5.02 Å². The first-order chi connectivity index (χ1) is 15.0. The molecule has 1 aromatic heterocycles. The molecule has 2 N–H and O–H groups in total. The van der Waals surface area contributed by atoms with Gasteiger partial charge in [-0.1, -0.05) is 11.6 Å². The summed E-state index contributed by atoms with van der Waals surface area (Å²) in [6.45, 7) is 0.903. The number of urea groups is 1. The number of hydrogen-bond acceptors (Lipinski definition) is 4. The van der Waals surface area contributed by atoms with Crippen molar-refractivity contribution in [3.8, 4) is 17.1 Å². The average molecular weight is 440 g/mol. The number of benzene rings is 2. The summed E-state index contributed by atoms with van der Waals surface area (Å²) in [5.41, 5.74) is 2.18. The number of anilines is 2. The molecule has 0 spiro atoms. The zero-order chi connectivity index (χ0) is 21.8. The summed E-state index contributed by atoms with van der Waals surface area (Å²) >= 11 is 5.91. The lowest BCUT2D eigenvalue weighted by atomic mass is 10.2. The zero-order valence-electron chi connectivity index (χ0n) is 17.0. The third kappa shape index (κ3) is 4.83. The van der Waals surface area contributed by atoms with Crippen LogP contribution in [-0.4, -0.2) is 25.6 Å². The maximum atomic E-state index is 12.3. The van der Waals surface area contributed by atoms with Gasteiger partial charge in [0, 0.05) is 35.3 Å². The molecule has 3 amide bonds. The predicted octanol–water partition coefficient (Wildman–Crippen LogP) is 5.06. The molecule has 31 heavy (non-hydrogen) atoms. The Morgan fingerprint density at radius 1 is 1.16 bits per heavy atom. The Labute approximate surface area is 184 Å². The van der Waals surface area contributed by atoms with Crippen LogP contribution in [0.1, 0.15) is 18.6 Å². The normalized spacial score (nSPS) is 13.4. The van der Waals surface area contributed by atoms with Gasteiger partial charge in [0.2, 0.25) is 5.91 Å². The first-order valence-electron chi connectivity index (χ1n) is 9.91. The number of furan rings is 1. The summed E-state index contributed by atoms with van der Waals surface area (Å²) in [6, 6.07) is 15.8. The van der Waals surface area contributed by atoms with Gasteiger partial charge in [0.1, 0.15) is 17.3 Å². The third-order valence-electron chi connectivity index (χ3n) is 5.02. The molecule has 0 saturated carbocycles. The molecule has 4 rings (SSSR count). The molecule has 1 aliphatic heterocycles. The molecule has 160 valence electrons. The number of rotatable bonds is 6. The van der Waals surface area contributed by atoms with E-state index >= 15 is 0 Å². The topological polar surface area (TPSA) is 83.8 Å². The van der Waals surface area contributed by atoms with Crippen LogP contribution in [0.25, 0.3) is 11.3 Å². The highest BCUT2D eigenvalue weighted by atomic mass is 35.5. The van der Waals surface area contributed by atoms with Crippen molar-refractivity contribution >= 4 is 34.9 Å². The van der Waals surface area contributed by atoms with Gasteiger partial charge in [-0.25, -0.2) is 4.79 Å². The second-order valence-corrected chi connectivity index (χ2v) is 7.55. The lowest BCUT2D eigenvalue weighted by Crippen LogP contribution is -2.28. The average Bonchev–Trinajstić information content (AvgIpc) is 3.42. The number of nitrogens with zero attached hydrogens (tertiary/aromatic N) is 1. The van der Waals surface area contributed by atoms with Gasteiger partial charge in [0.05, 0.1) is 19.3 Å². The molecule has 1 saturated heterocycles. The smallest absolute Gasteiger partial charge is 0.319 e. The number of methoxy groups -OCH3 is 1. The van der Waals surface area contributed by atoms with Crippen molar-refractivity contribution in [3.05, 3.63) is 65.4 Å². The Bertz CT molecular complexity index is 1090. The Morgan fingerprint density at radius 3 is 2.68 bits per heavy atom. The molecule has 2 aromatic carbocycles. The van der Waals surface area contributed by atoms with Gasteiger partial charge in [0.15, 0.2) is 0 Å². The van der Waals surface area contributed by atoms with E-state index in [4.69, 9.17) is 20.8 Å². The van der Waals surface area contributed by atoms with Crippen LogP contribution >= 0.6 is 11.6 Å². The second kappa shape index (κ2) is 9.14. The molecule has 0 unspecified atom stereocenters. The van der Waals surface area contributed by atoms with E-state index in [2.05, 4.69) is 10.6 Å². The minimum atomic E-state index is -0.378. The summed E-state index contributed by atoms with van der Waals surface area (Å²) in [7, 11) is 1.54. The van der Waals surface area contributed by atoms with Crippen molar-refractivity contribution in [2.24, 2.45) is 0 Å². The number of amides is 3. The van der Waals surface area contributed by atoms with E-state index in [1.807, 2.05) is 24.3 Å². The van der Waals surface area contributed by atoms with E-state index in [0.717, 1.165) is 12.0 Å². The molecular weight excluding hydrogens is 418 g/mol. The molecule has 2 heterocycles. The maximum Gasteiger partial charge on any atom is 0.319 e. The Hall–Kier alpha value is -3.45. The fraction of sp³-hybridized carbons (Fsp3) is 0.217. The Morgan fingerprint density at radius 2 is 1.97 bits per heavy atom. The number of ether oxygens (including phenoxy) is 1. The van der Waals surface area contributed by atoms with E-state index < -0.39 is 0 Å². The molecule has 0 atom stereocenters. The number of halogens is 1. The molecular formula is C23H22ClN3O4. The van der Waals surface area contributed by atoms with Gasteiger partial charge >= 0.3 is 6.03 Å². The highest BCUT2D eigenvalue weighted by molar-refractivity contribution is 6.30. The summed E-state index contributed by atoms with van der Waals surface area (Å²) in [5, 5.41) is 6.19. The number of nitrogens with one attached hydrogen (secondary N) is 2. The Balaban J connectivity index is 1.36. The molecule has 0 radical (unpaired) electrons. The van der Waals surface area contributed by atoms with Crippen molar-refractivity contribution in [2.75, 3.05) is 23.9 Å². The van der Waals surface area contributed by atoms with Gasteiger partial charge < -0.3 is 24.7 Å². The van der Waals surface area contributed by atoms with Crippen molar-refractivity contribution in [3.63, 3.8) is 0 Å². The van der Waals surface area contributed by atoms with Gasteiger partial charge in [-0.05, 0) is 55.0 Å². The predicted molar refractivity (Wildman–Crippen MR) is 120 cm³/mol. The monoisotopic (exact) mass is 439 g/mol. The molecule has 0 bridgehead atoms. The lowest BCUT2D eigenvalue weighted by Gasteiger charge is -2.19. The van der Waals surface area contributed by atoms with Crippen molar-refractivity contribution in [2.45, 2.75) is 19.4 Å². The van der Waals surface area contributed by atoms with E-state index in [1.165, 1.54) is 0 Å². The fourth-order valence-corrected chi connectivity index (χ4v) is 3.59. The summed E-state index contributed by atoms with van der Waals surface area (Å²) < 4.78 is 11.2. The van der Waals surface area contributed by atoms with Crippen molar-refractivity contribution in [1.29, 1.82) is 0 Å². The van der Waals surface area contributed by atoms with Crippen LogP contribution in [0.15, 0.2) is 59.0 Å². The van der Waals surface area contributed by atoms with Gasteiger partial charge in [0.25, 0.3) is 0 Å². The maximum absolute atomic E-state index is 12.3. The molecule has 1 fully saturated rings. The number of carbonyl (C=O) groups excluding carboxylic acids is 2. The van der Waals surface area contributed by atoms with Crippen molar-refractivity contribution < 1.29 is 18.7 Å². The first kappa shape index (κ1) is 20.8. The van der Waals surface area contributed by atoms with Gasteiger partial charge in [-0.2, -0.15) is 0 Å². The summed E-state index contributed by atoms with van der Waals surface area (Å²) in [5.74, 6) is 1.94. The van der Waals surface area contributed by atoms with E-state index in [9.17, 15) is 9.59 Å². The standard InChI is InChI=1S/C23H22ClN3O4/c1-30-21-13-17(8-10-19(21)27-12-2-3-22(27)28)26-23(29)25-14-18-9-11-20(31-18)15-4-6-16(24)7-5-15/h4-11,13H,2-3,12,14H2,1H3,(H2,25,26,29). The van der Waals surface area contributed by atoms with E-state index in [1.54, 1.807) is 42.3 Å². The van der Waals surface area contributed by atoms with Crippen LogP contribution in [0.3, 0.4) is 0 Å². The molecule has 8 heteroatoms. The molecule has 0 aliphatic carbocycles. The van der Waals surface area contributed by atoms with E-state index in [-0.39, 0.29) is 18.5 Å². The number of carbonyl (C=O) groups is 2. The van der Waals surface area contributed by atoms with Crippen molar-refractivity contribution in [1.82, 2.24) is 5.32 Å². The molecule has 3 aromatic rings.